The lowest BCUT2D eigenvalue weighted by molar-refractivity contribution is 0.268. The van der Waals surface area contributed by atoms with E-state index in [4.69, 9.17) is 4.52 Å². The van der Waals surface area contributed by atoms with Crippen LogP contribution < -0.4 is 0 Å². The molecule has 3 heterocycles. The average Bonchev–Trinajstić information content (AvgIpc) is 3.03. The average molecular weight is 355 g/mol. The van der Waals surface area contributed by atoms with Gasteiger partial charge in [-0.05, 0) is 38.9 Å². The largest absolute Gasteiger partial charge is 0.361 e. The van der Waals surface area contributed by atoms with E-state index >= 15 is 0 Å². The summed E-state index contributed by atoms with van der Waals surface area (Å²) in [5.41, 5.74) is 0.896. The normalized spacial score (nSPS) is 18.2. The van der Waals surface area contributed by atoms with Crippen LogP contribution in [0.5, 0.6) is 0 Å². The van der Waals surface area contributed by atoms with Gasteiger partial charge in [0.05, 0.1) is 5.69 Å². The third-order valence-electron chi connectivity index (χ3n) is 3.92. The zero-order chi connectivity index (χ0) is 16.4. The number of rotatable bonds is 4. The van der Waals surface area contributed by atoms with Crippen molar-refractivity contribution in [2.45, 2.75) is 31.0 Å². The standard InChI is InChI=1S/C15H21N3O3S2/c1-12-10-14(16-21-12)11-17-6-3-7-18(9-8-17)23(19,20)15-5-4-13(2)22-15/h4-5,10H,3,6-9,11H2,1-2H3. The highest BCUT2D eigenvalue weighted by Gasteiger charge is 2.28. The van der Waals surface area contributed by atoms with Gasteiger partial charge in [0.1, 0.15) is 9.97 Å². The van der Waals surface area contributed by atoms with Crippen molar-refractivity contribution in [2.24, 2.45) is 0 Å². The van der Waals surface area contributed by atoms with Crippen molar-refractivity contribution in [3.63, 3.8) is 0 Å². The van der Waals surface area contributed by atoms with Gasteiger partial charge in [-0.1, -0.05) is 5.16 Å². The van der Waals surface area contributed by atoms with Gasteiger partial charge in [0.15, 0.2) is 0 Å². The molecule has 2 aromatic heterocycles. The Morgan fingerprint density at radius 2 is 2.04 bits per heavy atom. The topological polar surface area (TPSA) is 66.7 Å². The van der Waals surface area contributed by atoms with Crippen LogP contribution in [0, 0.1) is 13.8 Å². The molecule has 8 heteroatoms. The maximum Gasteiger partial charge on any atom is 0.252 e. The summed E-state index contributed by atoms with van der Waals surface area (Å²) in [7, 11) is -3.37. The maximum atomic E-state index is 12.7. The van der Waals surface area contributed by atoms with Crippen LogP contribution in [0.4, 0.5) is 0 Å². The minimum Gasteiger partial charge on any atom is -0.361 e. The SMILES string of the molecule is Cc1cc(CN2CCCN(S(=O)(=O)c3ccc(C)s3)CC2)no1. The fourth-order valence-corrected chi connectivity index (χ4v) is 5.65. The minimum absolute atomic E-state index is 0.440. The highest BCUT2D eigenvalue weighted by molar-refractivity contribution is 7.91. The van der Waals surface area contributed by atoms with Gasteiger partial charge in [-0.25, -0.2) is 8.42 Å². The van der Waals surface area contributed by atoms with Gasteiger partial charge >= 0.3 is 0 Å². The van der Waals surface area contributed by atoms with Gasteiger partial charge in [-0.2, -0.15) is 4.31 Å². The van der Waals surface area contributed by atoms with E-state index in [9.17, 15) is 8.42 Å². The molecule has 0 saturated carbocycles. The Balaban J connectivity index is 1.66. The predicted molar refractivity (Wildman–Crippen MR) is 88.9 cm³/mol. The summed E-state index contributed by atoms with van der Waals surface area (Å²) in [6, 6.07) is 5.48. The Labute approximate surface area is 140 Å². The van der Waals surface area contributed by atoms with Crippen molar-refractivity contribution in [2.75, 3.05) is 26.2 Å². The molecular formula is C15H21N3O3S2. The summed E-state index contributed by atoms with van der Waals surface area (Å²) in [6.07, 6.45) is 0.820. The lowest BCUT2D eigenvalue weighted by Gasteiger charge is -2.20. The Hall–Kier alpha value is -1.22. The molecule has 2 aromatic rings. The van der Waals surface area contributed by atoms with Crippen molar-refractivity contribution in [3.8, 4) is 0 Å². The van der Waals surface area contributed by atoms with Crippen molar-refractivity contribution in [1.82, 2.24) is 14.4 Å². The Kier molecular flexibility index (Phi) is 4.86. The molecule has 1 saturated heterocycles. The quantitative estimate of drug-likeness (QED) is 0.841. The minimum atomic E-state index is -3.37. The van der Waals surface area contributed by atoms with E-state index in [1.165, 1.54) is 11.3 Å². The summed E-state index contributed by atoms with van der Waals surface area (Å²) in [5, 5.41) is 4.01. The molecule has 23 heavy (non-hydrogen) atoms. The van der Waals surface area contributed by atoms with Crippen LogP contribution in [0.1, 0.15) is 22.8 Å². The zero-order valence-electron chi connectivity index (χ0n) is 13.4. The fraction of sp³-hybridized carbons (Fsp3) is 0.533. The van der Waals surface area contributed by atoms with Gasteiger partial charge in [0.25, 0.3) is 10.0 Å². The van der Waals surface area contributed by atoms with E-state index in [0.717, 1.165) is 29.3 Å². The van der Waals surface area contributed by atoms with Gasteiger partial charge < -0.3 is 4.52 Å². The summed E-state index contributed by atoms with van der Waals surface area (Å²) in [6.45, 7) is 7.13. The molecular weight excluding hydrogens is 334 g/mol. The highest BCUT2D eigenvalue weighted by Crippen LogP contribution is 2.25. The third kappa shape index (κ3) is 3.82. The second-order valence-corrected chi connectivity index (χ2v) is 9.28. The molecule has 0 aliphatic carbocycles. The first kappa shape index (κ1) is 16.6. The van der Waals surface area contributed by atoms with E-state index in [1.807, 2.05) is 26.0 Å². The van der Waals surface area contributed by atoms with Crippen LogP contribution in [0.2, 0.25) is 0 Å². The summed E-state index contributed by atoms with van der Waals surface area (Å²) in [5.74, 6) is 0.798. The summed E-state index contributed by atoms with van der Waals surface area (Å²) in [4.78, 5) is 3.24. The van der Waals surface area contributed by atoms with E-state index < -0.39 is 10.0 Å². The van der Waals surface area contributed by atoms with Crippen molar-refractivity contribution in [3.05, 3.63) is 34.5 Å². The van der Waals surface area contributed by atoms with Crippen LogP contribution in [-0.4, -0.2) is 49.0 Å². The van der Waals surface area contributed by atoms with Crippen molar-refractivity contribution >= 4 is 21.4 Å². The molecule has 0 bridgehead atoms. The number of aromatic nitrogens is 1. The number of sulfonamides is 1. The molecule has 0 N–H and O–H groups in total. The molecule has 1 fully saturated rings. The fourth-order valence-electron chi connectivity index (χ4n) is 2.75. The number of thiophene rings is 1. The van der Waals surface area contributed by atoms with E-state index in [2.05, 4.69) is 10.1 Å². The van der Waals surface area contributed by atoms with Crippen LogP contribution in [-0.2, 0) is 16.6 Å². The van der Waals surface area contributed by atoms with Gasteiger partial charge in [-0.3, -0.25) is 4.90 Å². The maximum absolute atomic E-state index is 12.7. The van der Waals surface area contributed by atoms with Crippen molar-refractivity contribution in [1.29, 1.82) is 0 Å². The molecule has 3 rings (SSSR count). The number of hydrogen-bond donors (Lipinski definition) is 0. The Bertz CT molecular complexity index is 767. The Morgan fingerprint density at radius 3 is 2.70 bits per heavy atom. The second-order valence-electron chi connectivity index (χ2n) is 5.83. The number of aryl methyl sites for hydroxylation is 2. The second kappa shape index (κ2) is 6.72. The van der Waals surface area contributed by atoms with Crippen LogP contribution in [0.25, 0.3) is 0 Å². The monoisotopic (exact) mass is 355 g/mol. The van der Waals surface area contributed by atoms with Crippen molar-refractivity contribution < 1.29 is 12.9 Å². The van der Waals surface area contributed by atoms with Gasteiger partial charge in [-0.15, -0.1) is 11.3 Å². The van der Waals surface area contributed by atoms with E-state index in [1.54, 1.807) is 10.4 Å². The molecule has 0 unspecified atom stereocenters. The molecule has 0 spiro atoms. The lowest BCUT2D eigenvalue weighted by atomic mass is 10.3. The summed E-state index contributed by atoms with van der Waals surface area (Å²) < 4.78 is 32.6. The van der Waals surface area contributed by atoms with Crippen LogP contribution in [0.3, 0.4) is 0 Å². The first-order valence-electron chi connectivity index (χ1n) is 7.66. The lowest BCUT2D eigenvalue weighted by Crippen LogP contribution is -2.34. The van der Waals surface area contributed by atoms with Crippen LogP contribution in [0.15, 0.2) is 26.9 Å². The first-order valence-corrected chi connectivity index (χ1v) is 9.92. The zero-order valence-corrected chi connectivity index (χ0v) is 15.0. The molecule has 1 aliphatic heterocycles. The van der Waals surface area contributed by atoms with E-state index in [-0.39, 0.29) is 0 Å². The highest BCUT2D eigenvalue weighted by atomic mass is 32.2. The number of nitrogens with zero attached hydrogens (tertiary/aromatic N) is 3. The van der Waals surface area contributed by atoms with Crippen LogP contribution >= 0.6 is 11.3 Å². The molecule has 6 nitrogen and oxygen atoms in total. The van der Waals surface area contributed by atoms with Gasteiger partial charge in [0.2, 0.25) is 0 Å². The van der Waals surface area contributed by atoms with E-state index in [0.29, 0.717) is 30.4 Å². The molecule has 0 amide bonds. The molecule has 0 aromatic carbocycles. The smallest absolute Gasteiger partial charge is 0.252 e. The van der Waals surface area contributed by atoms with Gasteiger partial charge in [0, 0.05) is 37.1 Å². The Morgan fingerprint density at radius 1 is 1.22 bits per heavy atom. The number of hydrogen-bond acceptors (Lipinski definition) is 6. The molecule has 1 aliphatic rings. The molecule has 0 radical (unpaired) electrons. The summed E-state index contributed by atoms with van der Waals surface area (Å²) >= 11 is 1.34. The third-order valence-corrected chi connectivity index (χ3v) is 7.29. The molecule has 126 valence electrons. The first-order chi connectivity index (χ1) is 10.9. The molecule has 0 atom stereocenters. The predicted octanol–water partition coefficient (Wildman–Crippen LogP) is 2.25.